The lowest BCUT2D eigenvalue weighted by molar-refractivity contribution is 0.0950. The summed E-state index contributed by atoms with van der Waals surface area (Å²) in [6.07, 6.45) is 2.91. The molecule has 0 saturated heterocycles. The monoisotopic (exact) mass is 368 g/mol. The fourth-order valence-corrected chi connectivity index (χ4v) is 2.25. The van der Waals surface area contributed by atoms with E-state index in [1.807, 2.05) is 0 Å². The van der Waals surface area contributed by atoms with Crippen molar-refractivity contribution < 1.29 is 18.4 Å². The number of pyridine rings is 2. The minimum atomic E-state index is -0.910. The number of benzene rings is 1. The second-order valence-corrected chi connectivity index (χ2v) is 5.51. The summed E-state index contributed by atoms with van der Waals surface area (Å²) in [5, 5.41) is 4.98. The first-order chi connectivity index (χ1) is 13.0. The average Bonchev–Trinajstić information content (AvgIpc) is 2.69. The number of carbonyl (C=O) groups excluding carboxylic acids is 2. The number of aromatic nitrogens is 2. The summed E-state index contributed by atoms with van der Waals surface area (Å²) in [5.74, 6) is -2.80. The molecule has 0 atom stereocenters. The zero-order chi connectivity index (χ0) is 19.2. The van der Waals surface area contributed by atoms with E-state index in [1.54, 1.807) is 24.4 Å². The van der Waals surface area contributed by atoms with Gasteiger partial charge in [-0.25, -0.2) is 8.78 Å². The molecule has 0 aliphatic heterocycles. The van der Waals surface area contributed by atoms with E-state index in [0.29, 0.717) is 11.8 Å². The van der Waals surface area contributed by atoms with Gasteiger partial charge in [-0.05, 0) is 36.4 Å². The van der Waals surface area contributed by atoms with Crippen LogP contribution < -0.4 is 10.6 Å². The zero-order valence-corrected chi connectivity index (χ0v) is 13.9. The molecule has 3 rings (SSSR count). The van der Waals surface area contributed by atoms with Gasteiger partial charge in [-0.1, -0.05) is 6.07 Å². The van der Waals surface area contributed by atoms with Crippen LogP contribution in [0.4, 0.5) is 14.5 Å². The quantitative estimate of drug-likeness (QED) is 0.725. The van der Waals surface area contributed by atoms with Crippen LogP contribution in [0.25, 0.3) is 0 Å². The molecule has 8 heteroatoms. The zero-order valence-electron chi connectivity index (χ0n) is 13.9. The van der Waals surface area contributed by atoms with Crippen LogP contribution >= 0.6 is 0 Å². The van der Waals surface area contributed by atoms with Crippen molar-refractivity contribution in [2.75, 3.05) is 5.32 Å². The summed E-state index contributed by atoms with van der Waals surface area (Å²) in [6.45, 7) is 0.227. The number of amides is 2. The van der Waals surface area contributed by atoms with Gasteiger partial charge in [0.25, 0.3) is 11.8 Å². The molecule has 6 nitrogen and oxygen atoms in total. The van der Waals surface area contributed by atoms with Crippen LogP contribution in [0.3, 0.4) is 0 Å². The van der Waals surface area contributed by atoms with Crippen molar-refractivity contribution in [2.45, 2.75) is 6.54 Å². The number of carbonyl (C=O) groups is 2. The molecule has 0 bridgehead atoms. The molecule has 27 heavy (non-hydrogen) atoms. The fourth-order valence-electron chi connectivity index (χ4n) is 2.25. The third-order valence-corrected chi connectivity index (χ3v) is 3.59. The van der Waals surface area contributed by atoms with E-state index in [0.717, 1.165) is 12.1 Å². The molecule has 2 amide bonds. The van der Waals surface area contributed by atoms with E-state index < -0.39 is 23.4 Å². The van der Waals surface area contributed by atoms with Crippen LogP contribution in [0.15, 0.2) is 60.9 Å². The molecule has 0 spiro atoms. The summed E-state index contributed by atoms with van der Waals surface area (Å²) in [6, 6.07) is 10.8. The molecule has 2 N–H and O–H groups in total. The van der Waals surface area contributed by atoms with Crippen molar-refractivity contribution in [3.05, 3.63) is 89.5 Å². The molecule has 2 aromatic heterocycles. The maximum atomic E-state index is 13.7. The molecular formula is C19H14F2N4O2. The lowest BCUT2D eigenvalue weighted by Crippen LogP contribution is -2.24. The number of rotatable bonds is 5. The van der Waals surface area contributed by atoms with Crippen molar-refractivity contribution >= 4 is 17.5 Å². The highest BCUT2D eigenvalue weighted by Gasteiger charge is 2.14. The first-order valence-electron chi connectivity index (χ1n) is 7.93. The van der Waals surface area contributed by atoms with Crippen LogP contribution in [-0.4, -0.2) is 21.8 Å². The summed E-state index contributed by atoms with van der Waals surface area (Å²) < 4.78 is 26.6. The molecule has 0 aliphatic rings. The van der Waals surface area contributed by atoms with E-state index in [9.17, 15) is 18.4 Å². The van der Waals surface area contributed by atoms with Crippen LogP contribution in [0.5, 0.6) is 0 Å². The van der Waals surface area contributed by atoms with E-state index in [4.69, 9.17) is 0 Å². The fraction of sp³-hybridized carbons (Fsp3) is 0.0526. The van der Waals surface area contributed by atoms with Crippen molar-refractivity contribution in [1.82, 2.24) is 15.3 Å². The van der Waals surface area contributed by atoms with Crippen LogP contribution in [0, 0.1) is 11.6 Å². The van der Waals surface area contributed by atoms with Crippen LogP contribution in [0.2, 0.25) is 0 Å². The number of anilines is 1. The van der Waals surface area contributed by atoms with Gasteiger partial charge in [0.15, 0.2) is 0 Å². The molecule has 0 fully saturated rings. The van der Waals surface area contributed by atoms with Gasteiger partial charge in [0.2, 0.25) is 0 Å². The number of hydrogen-bond donors (Lipinski definition) is 2. The molecule has 0 saturated carbocycles. The largest absolute Gasteiger partial charge is 0.346 e. The van der Waals surface area contributed by atoms with Crippen molar-refractivity contribution in [2.24, 2.45) is 0 Å². The molecule has 0 unspecified atom stereocenters. The van der Waals surface area contributed by atoms with Crippen LogP contribution in [0.1, 0.15) is 26.5 Å². The Morgan fingerprint density at radius 3 is 2.52 bits per heavy atom. The third kappa shape index (κ3) is 4.69. The van der Waals surface area contributed by atoms with Gasteiger partial charge in [-0.15, -0.1) is 0 Å². The standard InChI is InChI=1S/C19H14F2N4O2/c20-13-4-5-16(15(21)10-13)25-19(27)17-9-12(6-8-23-17)18(26)24-11-14-3-1-2-7-22-14/h1-10H,11H2,(H,24,26)(H,25,27). The predicted molar refractivity (Wildman–Crippen MR) is 94.0 cm³/mol. The second kappa shape index (κ2) is 8.13. The van der Waals surface area contributed by atoms with Gasteiger partial charge in [-0.2, -0.15) is 0 Å². The van der Waals surface area contributed by atoms with E-state index >= 15 is 0 Å². The van der Waals surface area contributed by atoms with Gasteiger partial charge in [0.05, 0.1) is 17.9 Å². The highest BCUT2D eigenvalue weighted by molar-refractivity contribution is 6.04. The number of nitrogens with one attached hydrogen (secondary N) is 2. The van der Waals surface area contributed by atoms with Gasteiger partial charge in [-0.3, -0.25) is 19.6 Å². The summed E-state index contributed by atoms with van der Waals surface area (Å²) in [7, 11) is 0. The smallest absolute Gasteiger partial charge is 0.274 e. The minimum Gasteiger partial charge on any atom is -0.346 e. The number of nitrogens with zero attached hydrogens (tertiary/aromatic N) is 2. The lowest BCUT2D eigenvalue weighted by Gasteiger charge is -2.08. The summed E-state index contributed by atoms with van der Waals surface area (Å²) in [5.41, 5.74) is 0.632. The van der Waals surface area contributed by atoms with E-state index in [1.165, 1.54) is 18.3 Å². The molecule has 136 valence electrons. The Morgan fingerprint density at radius 1 is 0.926 bits per heavy atom. The Hall–Kier alpha value is -3.68. The number of halogens is 2. The second-order valence-electron chi connectivity index (χ2n) is 5.51. The van der Waals surface area contributed by atoms with Crippen molar-refractivity contribution in [3.8, 4) is 0 Å². The maximum absolute atomic E-state index is 13.7. The summed E-state index contributed by atoms with van der Waals surface area (Å²) >= 11 is 0. The van der Waals surface area contributed by atoms with Gasteiger partial charge in [0.1, 0.15) is 17.3 Å². The Balaban J connectivity index is 1.68. The normalized spacial score (nSPS) is 10.3. The molecular weight excluding hydrogens is 354 g/mol. The van der Waals surface area contributed by atoms with Crippen molar-refractivity contribution in [1.29, 1.82) is 0 Å². The maximum Gasteiger partial charge on any atom is 0.274 e. The third-order valence-electron chi connectivity index (χ3n) is 3.59. The Labute approximate surface area is 153 Å². The lowest BCUT2D eigenvalue weighted by atomic mass is 10.2. The Bertz CT molecular complexity index is 980. The Kier molecular flexibility index (Phi) is 5.46. The van der Waals surface area contributed by atoms with Crippen LogP contribution in [-0.2, 0) is 6.54 Å². The van der Waals surface area contributed by atoms with Crippen molar-refractivity contribution in [3.63, 3.8) is 0 Å². The van der Waals surface area contributed by atoms with E-state index in [2.05, 4.69) is 20.6 Å². The first kappa shape index (κ1) is 18.1. The molecule has 0 radical (unpaired) electrons. The molecule has 1 aromatic carbocycles. The average molecular weight is 368 g/mol. The topological polar surface area (TPSA) is 84.0 Å². The van der Waals surface area contributed by atoms with E-state index in [-0.39, 0.29) is 23.5 Å². The SMILES string of the molecule is O=C(NCc1ccccn1)c1ccnc(C(=O)Nc2ccc(F)cc2F)c1. The highest BCUT2D eigenvalue weighted by Crippen LogP contribution is 2.16. The van der Waals surface area contributed by atoms with Gasteiger partial charge >= 0.3 is 0 Å². The summed E-state index contributed by atoms with van der Waals surface area (Å²) in [4.78, 5) is 32.5. The molecule has 2 heterocycles. The minimum absolute atomic E-state index is 0.0794. The number of hydrogen-bond acceptors (Lipinski definition) is 4. The molecule has 0 aliphatic carbocycles. The highest BCUT2D eigenvalue weighted by atomic mass is 19.1. The Morgan fingerprint density at radius 2 is 1.78 bits per heavy atom. The van der Waals surface area contributed by atoms with Gasteiger partial charge in [0, 0.05) is 24.0 Å². The van der Waals surface area contributed by atoms with Gasteiger partial charge < -0.3 is 10.6 Å². The molecule has 3 aromatic rings. The predicted octanol–water partition coefficient (Wildman–Crippen LogP) is 2.94. The first-order valence-corrected chi connectivity index (χ1v) is 7.93.